The number of carbonyl (C=O) groups is 1. The summed E-state index contributed by atoms with van der Waals surface area (Å²) in [6.07, 6.45) is 0.249. The fraction of sp³-hybridized carbons (Fsp3) is 0.273. The van der Waals surface area contributed by atoms with Crippen molar-refractivity contribution in [2.75, 3.05) is 17.2 Å². The number of nitriles is 1. The molecule has 0 saturated heterocycles. The van der Waals surface area contributed by atoms with Crippen LogP contribution in [0.4, 0.5) is 5.69 Å². The first kappa shape index (κ1) is 21.9. The van der Waals surface area contributed by atoms with Gasteiger partial charge in [0.25, 0.3) is 0 Å². The second kappa shape index (κ2) is 9.79. The summed E-state index contributed by atoms with van der Waals surface area (Å²) in [5.41, 5.74) is 3.74. The quantitative estimate of drug-likeness (QED) is 0.494. The zero-order valence-corrected chi connectivity index (χ0v) is 18.7. The van der Waals surface area contributed by atoms with E-state index in [4.69, 9.17) is 16.9 Å². The zero-order chi connectivity index (χ0) is 21.7. The van der Waals surface area contributed by atoms with Crippen molar-refractivity contribution in [3.8, 4) is 17.5 Å². The highest BCUT2D eigenvalue weighted by molar-refractivity contribution is 7.99. The number of benzene rings is 2. The first-order valence-electron chi connectivity index (χ1n) is 9.44. The van der Waals surface area contributed by atoms with E-state index in [1.807, 2.05) is 55.8 Å². The summed E-state index contributed by atoms with van der Waals surface area (Å²) in [5, 5.41) is 18.9. The smallest absolute Gasteiger partial charge is 0.237 e. The molecule has 0 aliphatic heterocycles. The number of carbonyl (C=O) groups excluding carboxylic acids is 1. The number of amides is 1. The van der Waals surface area contributed by atoms with Gasteiger partial charge in [0.05, 0.1) is 18.2 Å². The summed E-state index contributed by atoms with van der Waals surface area (Å²) in [5.74, 6) is 0.850. The number of halogens is 1. The lowest BCUT2D eigenvalue weighted by Gasteiger charge is -2.22. The SMILES string of the molecule is Cc1cc(N(CCC#N)C(=O)CSc2nnc(-c3ccccc3C)n2C)ccc1Cl. The Kier molecular flexibility index (Phi) is 7.14. The van der Waals surface area contributed by atoms with E-state index < -0.39 is 0 Å². The Labute approximate surface area is 185 Å². The average Bonchev–Trinajstić information content (AvgIpc) is 3.09. The lowest BCUT2D eigenvalue weighted by molar-refractivity contribution is -0.116. The van der Waals surface area contributed by atoms with Crippen molar-refractivity contribution in [2.24, 2.45) is 7.05 Å². The molecule has 0 spiro atoms. The van der Waals surface area contributed by atoms with Crippen LogP contribution in [0.2, 0.25) is 5.02 Å². The van der Waals surface area contributed by atoms with Gasteiger partial charge in [0.1, 0.15) is 0 Å². The number of nitrogens with zero attached hydrogens (tertiary/aromatic N) is 5. The Hall–Kier alpha value is -2.82. The van der Waals surface area contributed by atoms with Crippen molar-refractivity contribution in [1.29, 1.82) is 5.26 Å². The monoisotopic (exact) mass is 439 g/mol. The third-order valence-electron chi connectivity index (χ3n) is 4.75. The van der Waals surface area contributed by atoms with E-state index >= 15 is 0 Å². The molecule has 0 unspecified atom stereocenters. The van der Waals surface area contributed by atoms with E-state index in [2.05, 4.69) is 16.3 Å². The Morgan fingerprint density at radius 1 is 1.20 bits per heavy atom. The zero-order valence-electron chi connectivity index (χ0n) is 17.1. The Bertz CT molecular complexity index is 1110. The van der Waals surface area contributed by atoms with Crippen LogP contribution in [0.5, 0.6) is 0 Å². The molecule has 0 radical (unpaired) electrons. The van der Waals surface area contributed by atoms with Gasteiger partial charge in [-0.05, 0) is 43.2 Å². The molecular formula is C22H22ClN5OS. The van der Waals surface area contributed by atoms with Crippen LogP contribution >= 0.6 is 23.4 Å². The van der Waals surface area contributed by atoms with Gasteiger partial charge in [0, 0.05) is 29.9 Å². The molecule has 0 N–H and O–H groups in total. The van der Waals surface area contributed by atoms with Crippen molar-refractivity contribution in [2.45, 2.75) is 25.4 Å². The van der Waals surface area contributed by atoms with Crippen molar-refractivity contribution in [3.05, 3.63) is 58.6 Å². The summed E-state index contributed by atoms with van der Waals surface area (Å²) >= 11 is 7.44. The van der Waals surface area contributed by atoms with E-state index in [1.54, 1.807) is 17.0 Å². The van der Waals surface area contributed by atoms with E-state index in [-0.39, 0.29) is 18.1 Å². The minimum atomic E-state index is -0.0996. The topological polar surface area (TPSA) is 74.8 Å². The number of aryl methyl sites for hydroxylation is 2. The van der Waals surface area contributed by atoms with E-state index in [0.29, 0.717) is 16.7 Å². The summed E-state index contributed by atoms with van der Waals surface area (Å²) in [7, 11) is 1.89. The van der Waals surface area contributed by atoms with E-state index in [0.717, 1.165) is 28.2 Å². The van der Waals surface area contributed by atoms with Crippen molar-refractivity contribution in [3.63, 3.8) is 0 Å². The average molecular weight is 440 g/mol. The molecule has 1 heterocycles. The third-order valence-corrected chi connectivity index (χ3v) is 6.18. The lowest BCUT2D eigenvalue weighted by Crippen LogP contribution is -2.33. The van der Waals surface area contributed by atoms with Gasteiger partial charge in [-0.3, -0.25) is 4.79 Å². The molecule has 0 bridgehead atoms. The van der Waals surface area contributed by atoms with Crippen LogP contribution in [-0.4, -0.2) is 33.0 Å². The molecule has 0 aliphatic rings. The van der Waals surface area contributed by atoms with Gasteiger partial charge in [-0.1, -0.05) is 47.6 Å². The summed E-state index contributed by atoms with van der Waals surface area (Å²) in [6, 6.07) is 15.5. The predicted octanol–water partition coefficient (Wildman–Crippen LogP) is 4.79. The Morgan fingerprint density at radius 2 is 1.97 bits per heavy atom. The van der Waals surface area contributed by atoms with E-state index in [9.17, 15) is 4.79 Å². The first-order chi connectivity index (χ1) is 14.4. The molecule has 0 aliphatic carbocycles. The lowest BCUT2D eigenvalue weighted by atomic mass is 10.1. The number of rotatable bonds is 7. The van der Waals surface area contributed by atoms with E-state index in [1.165, 1.54) is 11.8 Å². The first-order valence-corrected chi connectivity index (χ1v) is 10.8. The third kappa shape index (κ3) is 4.84. The number of anilines is 1. The van der Waals surface area contributed by atoms with Crippen LogP contribution in [0, 0.1) is 25.2 Å². The molecule has 30 heavy (non-hydrogen) atoms. The molecular weight excluding hydrogens is 418 g/mol. The van der Waals surface area contributed by atoms with Crippen molar-refractivity contribution >= 4 is 35.0 Å². The van der Waals surface area contributed by atoms with Gasteiger partial charge in [-0.15, -0.1) is 10.2 Å². The Morgan fingerprint density at radius 3 is 2.67 bits per heavy atom. The second-order valence-electron chi connectivity index (χ2n) is 6.86. The highest BCUT2D eigenvalue weighted by atomic mass is 35.5. The molecule has 2 aromatic carbocycles. The van der Waals surface area contributed by atoms with Gasteiger partial charge in [-0.25, -0.2) is 0 Å². The second-order valence-corrected chi connectivity index (χ2v) is 8.21. The number of thioether (sulfide) groups is 1. The maximum absolute atomic E-state index is 13.0. The highest BCUT2D eigenvalue weighted by Gasteiger charge is 2.19. The highest BCUT2D eigenvalue weighted by Crippen LogP contribution is 2.27. The maximum atomic E-state index is 13.0. The van der Waals surface area contributed by atoms with Crippen LogP contribution in [0.1, 0.15) is 17.5 Å². The van der Waals surface area contributed by atoms with Gasteiger partial charge in [-0.2, -0.15) is 5.26 Å². The minimum absolute atomic E-state index is 0.0996. The molecule has 1 amide bonds. The number of aromatic nitrogens is 3. The van der Waals surface area contributed by atoms with Crippen LogP contribution in [0.15, 0.2) is 47.6 Å². The van der Waals surface area contributed by atoms with Crippen LogP contribution in [0.3, 0.4) is 0 Å². The number of hydrogen-bond donors (Lipinski definition) is 0. The molecule has 3 aromatic rings. The standard InChI is InChI=1S/C22H22ClN5OS/c1-15-7-4-5-8-18(15)21-25-26-22(27(21)3)30-14-20(29)28(12-6-11-24)17-9-10-19(23)16(2)13-17/h4-5,7-10,13H,6,12,14H2,1-3H3. The van der Waals surface area contributed by atoms with Crippen molar-refractivity contribution in [1.82, 2.24) is 14.8 Å². The Balaban J connectivity index is 1.76. The minimum Gasteiger partial charge on any atom is -0.311 e. The van der Waals surface area contributed by atoms with Gasteiger partial charge in [0.2, 0.25) is 5.91 Å². The summed E-state index contributed by atoms with van der Waals surface area (Å²) < 4.78 is 1.90. The molecule has 6 nitrogen and oxygen atoms in total. The van der Waals surface area contributed by atoms with Gasteiger partial charge in [0.15, 0.2) is 11.0 Å². The largest absolute Gasteiger partial charge is 0.311 e. The summed E-state index contributed by atoms with van der Waals surface area (Å²) in [6.45, 7) is 4.24. The molecule has 0 saturated carbocycles. The molecule has 154 valence electrons. The molecule has 0 fully saturated rings. The van der Waals surface area contributed by atoms with Crippen LogP contribution < -0.4 is 4.90 Å². The number of hydrogen-bond acceptors (Lipinski definition) is 5. The fourth-order valence-corrected chi connectivity index (χ4v) is 3.96. The predicted molar refractivity (Wildman–Crippen MR) is 121 cm³/mol. The van der Waals surface area contributed by atoms with Crippen molar-refractivity contribution < 1.29 is 4.79 Å². The fourth-order valence-electron chi connectivity index (χ4n) is 3.06. The normalized spacial score (nSPS) is 10.6. The van der Waals surface area contributed by atoms with Gasteiger partial charge >= 0.3 is 0 Å². The van der Waals surface area contributed by atoms with Crippen LogP contribution in [0.25, 0.3) is 11.4 Å². The maximum Gasteiger partial charge on any atom is 0.237 e. The molecule has 3 rings (SSSR count). The summed E-state index contributed by atoms with van der Waals surface area (Å²) in [4.78, 5) is 14.6. The van der Waals surface area contributed by atoms with Gasteiger partial charge < -0.3 is 9.47 Å². The molecule has 8 heteroatoms. The molecule has 0 atom stereocenters. The molecule has 1 aromatic heterocycles. The van der Waals surface area contributed by atoms with Crippen LogP contribution in [-0.2, 0) is 11.8 Å².